The van der Waals surface area contributed by atoms with Gasteiger partial charge in [0.2, 0.25) is 0 Å². The van der Waals surface area contributed by atoms with E-state index in [1.807, 2.05) is 18.2 Å². The van der Waals surface area contributed by atoms with E-state index in [-0.39, 0.29) is 17.2 Å². The Labute approximate surface area is 123 Å². The van der Waals surface area contributed by atoms with Crippen LogP contribution < -0.4 is 10.1 Å². The monoisotopic (exact) mass is 327 g/mol. The van der Waals surface area contributed by atoms with Crippen molar-refractivity contribution in [1.82, 2.24) is 0 Å². The second-order valence-corrected chi connectivity index (χ2v) is 7.07. The zero-order valence-electron chi connectivity index (χ0n) is 12.2. The Morgan fingerprint density at radius 2 is 2.00 bits per heavy atom. The predicted molar refractivity (Wildman–Crippen MR) is 82.0 cm³/mol. The fourth-order valence-electron chi connectivity index (χ4n) is 2.74. The molecule has 1 atom stereocenters. The summed E-state index contributed by atoms with van der Waals surface area (Å²) < 4.78 is 12.4. The molecule has 0 radical (unpaired) electrons. The maximum atomic E-state index is 6.10. The van der Waals surface area contributed by atoms with Gasteiger partial charge in [-0.2, -0.15) is 0 Å². The lowest BCUT2D eigenvalue weighted by atomic mass is 9.94. The molecule has 1 fully saturated rings. The topological polar surface area (TPSA) is 30.5 Å². The lowest BCUT2D eigenvalue weighted by molar-refractivity contribution is -0.0662. The van der Waals surface area contributed by atoms with Crippen LogP contribution in [0.15, 0.2) is 22.7 Å². The van der Waals surface area contributed by atoms with Gasteiger partial charge in [0, 0.05) is 11.8 Å². The van der Waals surface area contributed by atoms with Gasteiger partial charge in [-0.3, -0.25) is 0 Å². The van der Waals surface area contributed by atoms with Crippen molar-refractivity contribution >= 4 is 21.6 Å². The van der Waals surface area contributed by atoms with Crippen LogP contribution in [0.4, 0.5) is 5.69 Å². The second kappa shape index (κ2) is 4.98. The van der Waals surface area contributed by atoms with Crippen LogP contribution in [0.2, 0.25) is 0 Å². The van der Waals surface area contributed by atoms with Crippen LogP contribution in [-0.2, 0) is 4.74 Å². The molecule has 0 bridgehead atoms. The zero-order valence-corrected chi connectivity index (χ0v) is 13.8. The van der Waals surface area contributed by atoms with Crippen molar-refractivity contribution < 1.29 is 9.47 Å². The lowest BCUT2D eigenvalue weighted by Gasteiger charge is -2.28. The van der Waals surface area contributed by atoms with Gasteiger partial charge in [-0.25, -0.2) is 0 Å². The summed E-state index contributed by atoms with van der Waals surface area (Å²) in [6, 6.07) is 6.34. The molecule has 1 aromatic carbocycles. The third-order valence-electron chi connectivity index (χ3n) is 3.57. The van der Waals surface area contributed by atoms with Gasteiger partial charge < -0.3 is 14.8 Å². The van der Waals surface area contributed by atoms with Crippen LogP contribution in [0.3, 0.4) is 0 Å². The summed E-state index contributed by atoms with van der Waals surface area (Å²) in [7, 11) is 1.68. The first-order chi connectivity index (χ1) is 8.73. The van der Waals surface area contributed by atoms with E-state index in [9.17, 15) is 0 Å². The number of halogens is 1. The summed E-state index contributed by atoms with van der Waals surface area (Å²) in [5.74, 6) is 0.834. The molecule has 1 aliphatic heterocycles. The van der Waals surface area contributed by atoms with E-state index in [1.165, 1.54) is 0 Å². The Balaban J connectivity index is 2.17. The van der Waals surface area contributed by atoms with Gasteiger partial charge in [0.15, 0.2) is 0 Å². The van der Waals surface area contributed by atoms with Crippen LogP contribution in [0.25, 0.3) is 0 Å². The first kappa shape index (κ1) is 14.7. The molecule has 1 aromatic rings. The highest BCUT2D eigenvalue weighted by Gasteiger charge is 2.45. The second-order valence-electron chi connectivity index (χ2n) is 6.22. The Bertz CT molecular complexity index is 471. The number of ether oxygens (including phenoxy) is 2. The summed E-state index contributed by atoms with van der Waals surface area (Å²) in [6.45, 7) is 8.54. The SMILES string of the molecule is COc1cc(NC2CC(C)(C)OC2(C)C)ccc1Br. The predicted octanol–water partition coefficient (Wildman–Crippen LogP) is 4.22. The molecular weight excluding hydrogens is 306 g/mol. The van der Waals surface area contributed by atoms with Gasteiger partial charge in [-0.15, -0.1) is 0 Å². The Morgan fingerprint density at radius 3 is 2.53 bits per heavy atom. The molecule has 1 heterocycles. The Morgan fingerprint density at radius 1 is 1.32 bits per heavy atom. The largest absolute Gasteiger partial charge is 0.495 e. The van der Waals surface area contributed by atoms with Crippen LogP contribution in [0.5, 0.6) is 5.75 Å². The molecule has 4 heteroatoms. The molecule has 1 N–H and O–H groups in total. The van der Waals surface area contributed by atoms with Crippen molar-refractivity contribution in [1.29, 1.82) is 0 Å². The highest BCUT2D eigenvalue weighted by Crippen LogP contribution is 2.39. The molecular formula is C15H22BrNO2. The van der Waals surface area contributed by atoms with E-state index >= 15 is 0 Å². The van der Waals surface area contributed by atoms with E-state index in [2.05, 4.69) is 48.9 Å². The highest BCUT2D eigenvalue weighted by atomic mass is 79.9. The fourth-order valence-corrected chi connectivity index (χ4v) is 3.15. The van der Waals surface area contributed by atoms with Crippen molar-refractivity contribution in [3.8, 4) is 5.75 Å². The molecule has 0 amide bonds. The standard InChI is InChI=1S/C15H22BrNO2/c1-14(2)9-13(15(3,4)19-14)17-10-6-7-11(16)12(8-10)18-5/h6-8,13,17H,9H2,1-5H3. The maximum Gasteiger partial charge on any atom is 0.135 e. The van der Waals surface area contributed by atoms with Crippen LogP contribution in [0.1, 0.15) is 34.1 Å². The lowest BCUT2D eigenvalue weighted by Crippen LogP contribution is -2.38. The fraction of sp³-hybridized carbons (Fsp3) is 0.600. The smallest absolute Gasteiger partial charge is 0.135 e. The summed E-state index contributed by atoms with van der Waals surface area (Å²) in [6.07, 6.45) is 0.985. The minimum atomic E-state index is -0.177. The first-order valence-electron chi connectivity index (χ1n) is 6.54. The molecule has 0 saturated carbocycles. The molecule has 3 nitrogen and oxygen atoms in total. The van der Waals surface area contributed by atoms with Crippen molar-refractivity contribution in [3.05, 3.63) is 22.7 Å². The number of nitrogens with one attached hydrogen (secondary N) is 1. The molecule has 1 unspecified atom stereocenters. The minimum Gasteiger partial charge on any atom is -0.495 e. The van der Waals surface area contributed by atoms with E-state index < -0.39 is 0 Å². The van der Waals surface area contributed by atoms with Crippen LogP contribution >= 0.6 is 15.9 Å². The van der Waals surface area contributed by atoms with Gasteiger partial charge >= 0.3 is 0 Å². The summed E-state index contributed by atoms with van der Waals surface area (Å²) >= 11 is 3.47. The number of hydrogen-bond donors (Lipinski definition) is 1. The molecule has 0 aliphatic carbocycles. The van der Waals surface area contributed by atoms with E-state index in [0.717, 1.165) is 22.3 Å². The Hall–Kier alpha value is -0.740. The van der Waals surface area contributed by atoms with Gasteiger partial charge in [-0.1, -0.05) is 0 Å². The molecule has 2 rings (SSSR count). The molecule has 1 aliphatic rings. The van der Waals surface area contributed by atoms with Crippen LogP contribution in [0, 0.1) is 0 Å². The summed E-state index contributed by atoms with van der Waals surface area (Å²) in [4.78, 5) is 0. The van der Waals surface area contributed by atoms with Crippen molar-refractivity contribution in [2.45, 2.75) is 51.4 Å². The minimum absolute atomic E-state index is 0.0827. The van der Waals surface area contributed by atoms with Gasteiger partial charge in [0.25, 0.3) is 0 Å². The quantitative estimate of drug-likeness (QED) is 0.901. The summed E-state index contributed by atoms with van der Waals surface area (Å²) in [5.41, 5.74) is 0.796. The van der Waals surface area contributed by atoms with E-state index in [0.29, 0.717) is 0 Å². The Kier molecular flexibility index (Phi) is 3.85. The van der Waals surface area contributed by atoms with Gasteiger partial charge in [-0.05, 0) is 62.2 Å². The number of hydrogen-bond acceptors (Lipinski definition) is 3. The normalized spacial score (nSPS) is 24.2. The van der Waals surface area contributed by atoms with Gasteiger partial charge in [0.1, 0.15) is 5.75 Å². The highest BCUT2D eigenvalue weighted by molar-refractivity contribution is 9.10. The van der Waals surface area contributed by atoms with Crippen molar-refractivity contribution in [3.63, 3.8) is 0 Å². The average Bonchev–Trinajstić information content (AvgIpc) is 2.49. The molecule has 0 aromatic heterocycles. The van der Waals surface area contributed by atoms with Crippen LogP contribution in [-0.4, -0.2) is 24.4 Å². The summed E-state index contributed by atoms with van der Waals surface area (Å²) in [5, 5.41) is 3.56. The van der Waals surface area contributed by atoms with E-state index in [4.69, 9.17) is 9.47 Å². The molecule has 0 spiro atoms. The maximum absolute atomic E-state index is 6.10. The molecule has 19 heavy (non-hydrogen) atoms. The average molecular weight is 328 g/mol. The first-order valence-corrected chi connectivity index (χ1v) is 7.33. The third-order valence-corrected chi connectivity index (χ3v) is 4.22. The number of rotatable bonds is 3. The van der Waals surface area contributed by atoms with Crippen molar-refractivity contribution in [2.75, 3.05) is 12.4 Å². The van der Waals surface area contributed by atoms with Gasteiger partial charge in [0.05, 0.1) is 28.8 Å². The number of methoxy groups -OCH3 is 1. The van der Waals surface area contributed by atoms with Crippen molar-refractivity contribution in [2.24, 2.45) is 0 Å². The third kappa shape index (κ3) is 3.23. The molecule has 106 valence electrons. The number of anilines is 1. The number of benzene rings is 1. The van der Waals surface area contributed by atoms with E-state index in [1.54, 1.807) is 7.11 Å². The molecule has 1 saturated heterocycles. The zero-order chi connectivity index (χ0) is 14.3.